The molecule has 0 bridgehead atoms. The molecule has 1 aromatic heterocycles. The van der Waals surface area contributed by atoms with Gasteiger partial charge in [-0.2, -0.15) is 4.98 Å². The summed E-state index contributed by atoms with van der Waals surface area (Å²) in [7, 11) is 0. The van der Waals surface area contributed by atoms with Gasteiger partial charge in [-0.15, -0.1) is 11.6 Å². The molecule has 1 aliphatic rings. The van der Waals surface area contributed by atoms with Gasteiger partial charge in [-0.3, -0.25) is 0 Å². The van der Waals surface area contributed by atoms with Crippen molar-refractivity contribution >= 4 is 17.5 Å². The van der Waals surface area contributed by atoms with E-state index in [2.05, 4.69) is 15.3 Å². The zero-order chi connectivity index (χ0) is 12.8. The molecule has 1 fully saturated rings. The monoisotopic (exact) mass is 269 g/mol. The Bertz CT molecular complexity index is 367. The summed E-state index contributed by atoms with van der Waals surface area (Å²) in [6.07, 6.45) is 6.33. The van der Waals surface area contributed by atoms with Crippen LogP contribution in [0.1, 0.15) is 32.6 Å². The largest absolute Gasteiger partial charge is 0.478 e. The average molecular weight is 270 g/mol. The van der Waals surface area contributed by atoms with Crippen molar-refractivity contribution in [3.63, 3.8) is 0 Å². The molecule has 1 saturated carbocycles. The first-order valence-corrected chi connectivity index (χ1v) is 7.05. The molecule has 0 amide bonds. The maximum Gasteiger partial charge on any atom is 0.225 e. The second-order valence-electron chi connectivity index (χ2n) is 4.65. The van der Waals surface area contributed by atoms with E-state index >= 15 is 0 Å². The van der Waals surface area contributed by atoms with Gasteiger partial charge in [-0.25, -0.2) is 4.98 Å². The van der Waals surface area contributed by atoms with Crippen LogP contribution in [-0.2, 0) is 0 Å². The van der Waals surface area contributed by atoms with Gasteiger partial charge in [0.1, 0.15) is 0 Å². The Morgan fingerprint density at radius 1 is 1.39 bits per heavy atom. The number of nitrogens with zero attached hydrogens (tertiary/aromatic N) is 2. The molecule has 0 saturated heterocycles. The van der Waals surface area contributed by atoms with E-state index in [0.717, 1.165) is 19.4 Å². The van der Waals surface area contributed by atoms with E-state index in [1.54, 1.807) is 12.3 Å². The Kier molecular flexibility index (Phi) is 5.05. The summed E-state index contributed by atoms with van der Waals surface area (Å²) < 4.78 is 5.34. The molecular formula is C13H20ClN3O. The molecular weight excluding hydrogens is 250 g/mol. The molecule has 5 heteroatoms. The quantitative estimate of drug-likeness (QED) is 0.835. The van der Waals surface area contributed by atoms with Crippen molar-refractivity contribution in [1.82, 2.24) is 9.97 Å². The van der Waals surface area contributed by atoms with E-state index in [-0.39, 0.29) is 0 Å². The standard InChI is InChI=1S/C13H20ClN3O/c1-2-18-12-7-8-15-13(17-12)16-9-10-3-5-11(14)6-4-10/h7-8,10-11H,2-6,9H2,1H3,(H,15,16,17). The van der Waals surface area contributed by atoms with Crippen LogP contribution < -0.4 is 10.1 Å². The molecule has 1 heterocycles. The van der Waals surface area contributed by atoms with E-state index in [1.165, 1.54) is 12.8 Å². The minimum atomic E-state index is 0.374. The maximum absolute atomic E-state index is 6.09. The summed E-state index contributed by atoms with van der Waals surface area (Å²) in [6.45, 7) is 3.48. The number of aromatic nitrogens is 2. The van der Waals surface area contributed by atoms with Gasteiger partial charge in [0.15, 0.2) is 0 Å². The highest BCUT2D eigenvalue weighted by Crippen LogP contribution is 2.27. The Morgan fingerprint density at radius 3 is 2.89 bits per heavy atom. The number of hydrogen-bond donors (Lipinski definition) is 1. The lowest BCUT2D eigenvalue weighted by Gasteiger charge is -2.25. The first-order chi connectivity index (χ1) is 8.78. The molecule has 100 valence electrons. The van der Waals surface area contributed by atoms with Crippen LogP contribution in [0.5, 0.6) is 5.88 Å². The lowest BCUT2D eigenvalue weighted by atomic mass is 9.89. The molecule has 1 N–H and O–H groups in total. The van der Waals surface area contributed by atoms with Gasteiger partial charge in [-0.1, -0.05) is 0 Å². The molecule has 4 nitrogen and oxygen atoms in total. The summed E-state index contributed by atoms with van der Waals surface area (Å²) in [6, 6.07) is 1.77. The van der Waals surface area contributed by atoms with Crippen LogP contribution >= 0.6 is 11.6 Å². The number of nitrogens with one attached hydrogen (secondary N) is 1. The minimum absolute atomic E-state index is 0.374. The molecule has 1 aliphatic carbocycles. The Labute approximate surface area is 113 Å². The normalized spacial score (nSPS) is 23.7. The number of ether oxygens (including phenoxy) is 1. The number of hydrogen-bond acceptors (Lipinski definition) is 4. The van der Waals surface area contributed by atoms with E-state index in [9.17, 15) is 0 Å². The van der Waals surface area contributed by atoms with Crippen LogP contribution in [-0.4, -0.2) is 28.5 Å². The summed E-state index contributed by atoms with van der Waals surface area (Å²) in [5.41, 5.74) is 0. The van der Waals surface area contributed by atoms with Crippen molar-refractivity contribution in [2.24, 2.45) is 5.92 Å². The molecule has 2 rings (SSSR count). The third kappa shape index (κ3) is 4.02. The maximum atomic E-state index is 6.09. The predicted molar refractivity (Wildman–Crippen MR) is 73.3 cm³/mol. The molecule has 0 unspecified atom stereocenters. The smallest absolute Gasteiger partial charge is 0.225 e. The molecule has 0 spiro atoms. The third-order valence-corrected chi connectivity index (χ3v) is 3.68. The van der Waals surface area contributed by atoms with Crippen molar-refractivity contribution in [1.29, 1.82) is 0 Å². The van der Waals surface area contributed by atoms with Gasteiger partial charge in [0.25, 0.3) is 0 Å². The average Bonchev–Trinajstić information content (AvgIpc) is 2.39. The lowest BCUT2D eigenvalue weighted by Crippen LogP contribution is -2.22. The van der Waals surface area contributed by atoms with Crippen LogP contribution in [0.3, 0.4) is 0 Å². The molecule has 1 aromatic rings. The van der Waals surface area contributed by atoms with Crippen LogP contribution in [0.25, 0.3) is 0 Å². The number of alkyl halides is 1. The van der Waals surface area contributed by atoms with Crippen molar-refractivity contribution < 1.29 is 4.74 Å². The molecule has 0 aliphatic heterocycles. The predicted octanol–water partition coefficient (Wildman–Crippen LogP) is 3.08. The minimum Gasteiger partial charge on any atom is -0.478 e. The summed E-state index contributed by atoms with van der Waals surface area (Å²) in [5.74, 6) is 1.95. The Hall–Kier alpha value is -1.03. The van der Waals surface area contributed by atoms with Gasteiger partial charge in [0, 0.05) is 24.2 Å². The van der Waals surface area contributed by atoms with E-state index in [4.69, 9.17) is 16.3 Å². The van der Waals surface area contributed by atoms with E-state index in [0.29, 0.717) is 29.7 Å². The van der Waals surface area contributed by atoms with Crippen molar-refractivity contribution in [2.45, 2.75) is 38.0 Å². The highest BCUT2D eigenvalue weighted by molar-refractivity contribution is 6.20. The Balaban J connectivity index is 1.80. The summed E-state index contributed by atoms with van der Waals surface area (Å²) in [4.78, 5) is 8.48. The van der Waals surface area contributed by atoms with Crippen molar-refractivity contribution in [3.8, 4) is 5.88 Å². The van der Waals surface area contributed by atoms with Crippen LogP contribution in [0, 0.1) is 5.92 Å². The Morgan fingerprint density at radius 2 is 2.17 bits per heavy atom. The number of anilines is 1. The van der Waals surface area contributed by atoms with Gasteiger partial charge >= 0.3 is 0 Å². The first-order valence-electron chi connectivity index (χ1n) is 6.61. The van der Waals surface area contributed by atoms with Crippen LogP contribution in [0.15, 0.2) is 12.3 Å². The summed E-state index contributed by atoms with van der Waals surface area (Å²) >= 11 is 6.09. The fourth-order valence-corrected chi connectivity index (χ4v) is 2.47. The zero-order valence-corrected chi connectivity index (χ0v) is 11.5. The summed E-state index contributed by atoms with van der Waals surface area (Å²) in [5, 5.41) is 3.66. The number of halogens is 1. The van der Waals surface area contributed by atoms with Gasteiger partial charge in [0.05, 0.1) is 6.61 Å². The zero-order valence-electron chi connectivity index (χ0n) is 10.7. The SMILES string of the molecule is CCOc1ccnc(NCC2CCC(Cl)CC2)n1. The molecule has 18 heavy (non-hydrogen) atoms. The molecule has 0 radical (unpaired) electrons. The number of rotatable bonds is 5. The van der Waals surface area contributed by atoms with Crippen LogP contribution in [0.4, 0.5) is 5.95 Å². The first kappa shape index (κ1) is 13.4. The van der Waals surface area contributed by atoms with Gasteiger partial charge < -0.3 is 10.1 Å². The van der Waals surface area contributed by atoms with Gasteiger partial charge in [-0.05, 0) is 38.5 Å². The molecule has 0 atom stereocenters. The molecule has 0 aromatic carbocycles. The lowest BCUT2D eigenvalue weighted by molar-refractivity contribution is 0.326. The fraction of sp³-hybridized carbons (Fsp3) is 0.692. The van der Waals surface area contributed by atoms with E-state index in [1.807, 2.05) is 6.92 Å². The van der Waals surface area contributed by atoms with Crippen molar-refractivity contribution in [2.75, 3.05) is 18.5 Å². The second-order valence-corrected chi connectivity index (χ2v) is 5.27. The topological polar surface area (TPSA) is 47.0 Å². The van der Waals surface area contributed by atoms with Gasteiger partial charge in [0.2, 0.25) is 11.8 Å². The van der Waals surface area contributed by atoms with Crippen molar-refractivity contribution in [3.05, 3.63) is 12.3 Å². The fourth-order valence-electron chi connectivity index (χ4n) is 2.22. The van der Waals surface area contributed by atoms with Crippen LogP contribution in [0.2, 0.25) is 0 Å². The van der Waals surface area contributed by atoms with E-state index < -0.39 is 0 Å². The second kappa shape index (κ2) is 6.78. The third-order valence-electron chi connectivity index (χ3n) is 3.25. The highest BCUT2D eigenvalue weighted by atomic mass is 35.5. The highest BCUT2D eigenvalue weighted by Gasteiger charge is 2.19.